The van der Waals surface area contributed by atoms with Gasteiger partial charge in [0.25, 0.3) is 0 Å². The number of likely N-dealkylation sites (tertiary alicyclic amines) is 1. The Morgan fingerprint density at radius 2 is 1.72 bits per heavy atom. The molecule has 0 radical (unpaired) electrons. The molecule has 1 saturated heterocycles. The lowest BCUT2D eigenvalue weighted by molar-refractivity contribution is -0.134. The standard InChI is InChI=1S/C18H27N5O.ClH/c24-18(16-13-3-1-2-4-14(13)16)22-8-5-12(6-9-22)17-21-20-15-11-19-7-10-23(15)17;/h12-14,16,19H,1-11H2;1H. The average molecular weight is 366 g/mol. The highest BCUT2D eigenvalue weighted by Gasteiger charge is 2.55. The molecule has 7 heteroatoms. The van der Waals surface area contributed by atoms with Crippen molar-refractivity contribution in [3.63, 3.8) is 0 Å². The summed E-state index contributed by atoms with van der Waals surface area (Å²) in [6, 6.07) is 0. The first kappa shape index (κ1) is 17.3. The summed E-state index contributed by atoms with van der Waals surface area (Å²) in [6.07, 6.45) is 7.33. The molecule has 1 aromatic rings. The fourth-order valence-electron chi connectivity index (χ4n) is 5.34. The number of amides is 1. The van der Waals surface area contributed by atoms with Crippen LogP contribution in [0.4, 0.5) is 0 Å². The Morgan fingerprint density at radius 3 is 2.44 bits per heavy atom. The first-order valence-corrected chi connectivity index (χ1v) is 9.74. The molecule has 3 heterocycles. The van der Waals surface area contributed by atoms with Gasteiger partial charge in [-0.25, -0.2) is 0 Å². The minimum Gasteiger partial charge on any atom is -0.342 e. The second-order valence-electron chi connectivity index (χ2n) is 8.04. The van der Waals surface area contributed by atoms with Gasteiger partial charge in [-0.2, -0.15) is 0 Å². The molecule has 2 aliphatic heterocycles. The highest BCUT2D eigenvalue weighted by molar-refractivity contribution is 5.85. The quantitative estimate of drug-likeness (QED) is 0.870. The highest BCUT2D eigenvalue weighted by atomic mass is 35.5. The van der Waals surface area contributed by atoms with Crippen molar-refractivity contribution in [2.45, 2.75) is 57.5 Å². The molecular weight excluding hydrogens is 338 g/mol. The Labute approximate surface area is 155 Å². The lowest BCUT2D eigenvalue weighted by atomic mass is 9.95. The molecule has 5 rings (SSSR count). The van der Waals surface area contributed by atoms with Gasteiger partial charge < -0.3 is 14.8 Å². The molecule has 0 spiro atoms. The lowest BCUT2D eigenvalue weighted by Gasteiger charge is -2.32. The van der Waals surface area contributed by atoms with E-state index >= 15 is 0 Å². The molecule has 1 N–H and O–H groups in total. The van der Waals surface area contributed by atoms with Crippen molar-refractivity contribution in [3.8, 4) is 0 Å². The van der Waals surface area contributed by atoms with Crippen LogP contribution in [0.25, 0.3) is 0 Å². The maximum atomic E-state index is 12.8. The topological polar surface area (TPSA) is 63.1 Å². The molecule has 138 valence electrons. The zero-order chi connectivity index (χ0) is 16.1. The summed E-state index contributed by atoms with van der Waals surface area (Å²) in [5.74, 6) is 4.96. The second kappa shape index (κ2) is 6.88. The van der Waals surface area contributed by atoms with E-state index in [1.807, 2.05) is 0 Å². The van der Waals surface area contributed by atoms with Crippen LogP contribution in [0.3, 0.4) is 0 Å². The summed E-state index contributed by atoms with van der Waals surface area (Å²) in [7, 11) is 0. The van der Waals surface area contributed by atoms with Crippen molar-refractivity contribution in [2.24, 2.45) is 17.8 Å². The van der Waals surface area contributed by atoms with Crippen LogP contribution in [0, 0.1) is 17.8 Å². The zero-order valence-corrected chi connectivity index (χ0v) is 15.5. The number of piperidine rings is 1. The van der Waals surface area contributed by atoms with Crippen molar-refractivity contribution >= 4 is 18.3 Å². The first-order chi connectivity index (χ1) is 11.8. The monoisotopic (exact) mass is 365 g/mol. The highest BCUT2D eigenvalue weighted by Crippen LogP contribution is 2.56. The van der Waals surface area contributed by atoms with Gasteiger partial charge in [0.15, 0.2) is 0 Å². The van der Waals surface area contributed by atoms with Gasteiger partial charge in [0.2, 0.25) is 5.91 Å². The smallest absolute Gasteiger partial charge is 0.226 e. The zero-order valence-electron chi connectivity index (χ0n) is 14.7. The number of carbonyl (C=O) groups is 1. The number of nitrogens with one attached hydrogen (secondary N) is 1. The van der Waals surface area contributed by atoms with Gasteiger partial charge >= 0.3 is 0 Å². The lowest BCUT2D eigenvalue weighted by Crippen LogP contribution is -2.40. The average Bonchev–Trinajstić information content (AvgIpc) is 3.22. The van der Waals surface area contributed by atoms with Crippen LogP contribution in [0.15, 0.2) is 0 Å². The summed E-state index contributed by atoms with van der Waals surface area (Å²) in [6.45, 7) is 4.61. The van der Waals surface area contributed by atoms with Gasteiger partial charge in [-0.15, -0.1) is 22.6 Å². The minimum absolute atomic E-state index is 0. The number of hydrogen-bond acceptors (Lipinski definition) is 4. The normalized spacial score (nSPS) is 31.7. The summed E-state index contributed by atoms with van der Waals surface area (Å²) in [4.78, 5) is 15.0. The number of hydrogen-bond donors (Lipinski definition) is 1. The largest absolute Gasteiger partial charge is 0.342 e. The molecule has 2 saturated carbocycles. The Kier molecular flexibility index (Phi) is 4.75. The maximum absolute atomic E-state index is 12.8. The predicted octanol–water partition coefficient (Wildman–Crippen LogP) is 1.95. The van der Waals surface area contributed by atoms with Crippen molar-refractivity contribution in [2.75, 3.05) is 19.6 Å². The summed E-state index contributed by atoms with van der Waals surface area (Å²) in [5.41, 5.74) is 0. The SMILES string of the molecule is Cl.O=C(C1C2CCCCC21)N1CCC(c2nnc3n2CCNC3)CC1. The van der Waals surface area contributed by atoms with Crippen LogP contribution in [-0.4, -0.2) is 45.2 Å². The molecule has 1 amide bonds. The Balaban J connectivity index is 0.00000157. The second-order valence-corrected chi connectivity index (χ2v) is 8.04. The van der Waals surface area contributed by atoms with Crippen LogP contribution in [0.5, 0.6) is 0 Å². The first-order valence-electron chi connectivity index (χ1n) is 9.74. The van der Waals surface area contributed by atoms with E-state index in [1.165, 1.54) is 25.7 Å². The van der Waals surface area contributed by atoms with E-state index in [0.29, 0.717) is 17.7 Å². The minimum atomic E-state index is 0. The summed E-state index contributed by atoms with van der Waals surface area (Å²) < 4.78 is 2.30. The summed E-state index contributed by atoms with van der Waals surface area (Å²) >= 11 is 0. The number of halogens is 1. The van der Waals surface area contributed by atoms with Crippen LogP contribution < -0.4 is 5.32 Å². The molecule has 25 heavy (non-hydrogen) atoms. The molecule has 0 aromatic carbocycles. The Morgan fingerprint density at radius 1 is 1.00 bits per heavy atom. The van der Waals surface area contributed by atoms with Crippen LogP contribution >= 0.6 is 12.4 Å². The van der Waals surface area contributed by atoms with Crippen molar-refractivity contribution in [1.82, 2.24) is 25.0 Å². The van der Waals surface area contributed by atoms with Crippen molar-refractivity contribution < 1.29 is 4.79 Å². The third-order valence-electron chi connectivity index (χ3n) is 6.76. The van der Waals surface area contributed by atoms with Crippen LogP contribution in [0.2, 0.25) is 0 Å². The van der Waals surface area contributed by atoms with E-state index < -0.39 is 0 Å². The third-order valence-corrected chi connectivity index (χ3v) is 6.76. The van der Waals surface area contributed by atoms with Gasteiger partial charge in [-0.1, -0.05) is 12.8 Å². The predicted molar refractivity (Wildman–Crippen MR) is 96.5 cm³/mol. The van der Waals surface area contributed by atoms with Crippen molar-refractivity contribution in [1.29, 1.82) is 0 Å². The third kappa shape index (κ3) is 2.97. The van der Waals surface area contributed by atoms with Gasteiger partial charge in [-0.05, 0) is 37.5 Å². The van der Waals surface area contributed by atoms with Gasteiger partial charge in [0, 0.05) is 38.0 Å². The Bertz CT molecular complexity index is 627. The van der Waals surface area contributed by atoms with E-state index in [0.717, 1.165) is 69.1 Å². The molecule has 2 aliphatic carbocycles. The van der Waals surface area contributed by atoms with E-state index in [4.69, 9.17) is 0 Å². The van der Waals surface area contributed by atoms with E-state index in [9.17, 15) is 4.79 Å². The maximum Gasteiger partial charge on any atom is 0.226 e. The van der Waals surface area contributed by atoms with Gasteiger partial charge in [0.05, 0.1) is 6.54 Å². The number of carbonyl (C=O) groups excluding carboxylic acids is 1. The van der Waals surface area contributed by atoms with E-state index in [2.05, 4.69) is 25.0 Å². The fourth-order valence-corrected chi connectivity index (χ4v) is 5.34. The molecule has 3 fully saturated rings. The number of aromatic nitrogens is 3. The summed E-state index contributed by atoms with van der Waals surface area (Å²) in [5, 5.41) is 12.2. The molecular formula is C18H28ClN5O. The van der Waals surface area contributed by atoms with E-state index in [-0.39, 0.29) is 12.4 Å². The number of rotatable bonds is 2. The van der Waals surface area contributed by atoms with Gasteiger partial charge in [-0.3, -0.25) is 4.79 Å². The van der Waals surface area contributed by atoms with Crippen molar-refractivity contribution in [3.05, 3.63) is 11.6 Å². The molecule has 4 aliphatic rings. The fraction of sp³-hybridized carbons (Fsp3) is 0.833. The van der Waals surface area contributed by atoms with E-state index in [1.54, 1.807) is 0 Å². The molecule has 0 bridgehead atoms. The number of nitrogens with zero attached hydrogens (tertiary/aromatic N) is 4. The molecule has 6 nitrogen and oxygen atoms in total. The molecule has 1 aromatic heterocycles. The molecule has 2 atom stereocenters. The van der Waals surface area contributed by atoms with Crippen LogP contribution in [-0.2, 0) is 17.9 Å². The number of fused-ring (bicyclic) bond motifs is 2. The van der Waals surface area contributed by atoms with Crippen LogP contribution in [0.1, 0.15) is 56.1 Å². The Hall–Kier alpha value is -1.14. The molecule has 2 unspecified atom stereocenters. The van der Waals surface area contributed by atoms with Gasteiger partial charge in [0.1, 0.15) is 11.6 Å².